The Morgan fingerprint density at radius 3 is 2.59 bits per heavy atom. The first-order valence-electron chi connectivity index (χ1n) is 7.98. The predicted octanol–water partition coefficient (Wildman–Crippen LogP) is 2.42. The molecule has 2 aromatic rings. The van der Waals surface area contributed by atoms with Crippen molar-refractivity contribution in [3.63, 3.8) is 0 Å². The Kier molecular flexibility index (Phi) is 5.41. The normalized spacial score (nSPS) is 12.5. The molecule has 0 radical (unpaired) electrons. The molecule has 120 valence electrons. The van der Waals surface area contributed by atoms with Gasteiger partial charge in [-0.25, -0.2) is 4.79 Å². The van der Waals surface area contributed by atoms with Crippen LogP contribution in [-0.2, 0) is 18.4 Å². The van der Waals surface area contributed by atoms with E-state index in [-0.39, 0.29) is 24.2 Å². The van der Waals surface area contributed by atoms with Crippen LogP contribution in [0.5, 0.6) is 0 Å². The number of aryl methyl sites for hydroxylation is 1. The molecule has 0 aliphatic heterocycles. The molecule has 1 unspecified atom stereocenters. The first-order chi connectivity index (χ1) is 10.5. The number of aromatic nitrogens is 2. The van der Waals surface area contributed by atoms with Crippen molar-refractivity contribution in [3.05, 3.63) is 34.7 Å². The lowest BCUT2D eigenvalue weighted by molar-refractivity contribution is -0.122. The molecule has 0 aliphatic carbocycles. The average molecular weight is 303 g/mol. The number of carbonyl (C=O) groups excluding carboxylic acids is 1. The Balaban J connectivity index is 2.06. The number of nitrogens with one attached hydrogen (secondary N) is 1. The summed E-state index contributed by atoms with van der Waals surface area (Å²) in [6.07, 6.45) is 4.45. The average Bonchev–Trinajstić information content (AvgIpc) is 2.73. The molecule has 1 N–H and O–H groups in total. The molecule has 22 heavy (non-hydrogen) atoms. The minimum Gasteiger partial charge on any atom is -0.352 e. The zero-order valence-corrected chi connectivity index (χ0v) is 13.6. The monoisotopic (exact) mass is 303 g/mol. The van der Waals surface area contributed by atoms with Gasteiger partial charge in [-0.15, -0.1) is 0 Å². The fourth-order valence-electron chi connectivity index (χ4n) is 2.75. The summed E-state index contributed by atoms with van der Waals surface area (Å²) >= 11 is 0. The van der Waals surface area contributed by atoms with Crippen LogP contribution in [0.1, 0.15) is 39.5 Å². The number of hydrogen-bond acceptors (Lipinski definition) is 2. The van der Waals surface area contributed by atoms with Crippen LogP contribution < -0.4 is 11.0 Å². The maximum atomic E-state index is 12.3. The van der Waals surface area contributed by atoms with E-state index in [9.17, 15) is 9.59 Å². The van der Waals surface area contributed by atoms with Gasteiger partial charge < -0.3 is 5.32 Å². The van der Waals surface area contributed by atoms with Crippen molar-refractivity contribution in [1.29, 1.82) is 0 Å². The predicted molar refractivity (Wildman–Crippen MR) is 88.9 cm³/mol. The van der Waals surface area contributed by atoms with Crippen molar-refractivity contribution in [2.24, 2.45) is 7.05 Å². The number of carbonyl (C=O) groups is 1. The third kappa shape index (κ3) is 3.59. The van der Waals surface area contributed by atoms with Crippen LogP contribution in [-0.4, -0.2) is 21.1 Å². The summed E-state index contributed by atoms with van der Waals surface area (Å²) in [5.41, 5.74) is 1.48. The van der Waals surface area contributed by atoms with Gasteiger partial charge in [0.25, 0.3) is 0 Å². The molecule has 0 fully saturated rings. The molecule has 1 atom stereocenters. The second-order valence-electron chi connectivity index (χ2n) is 5.88. The number of amides is 1. The number of nitrogens with zero attached hydrogens (tertiary/aromatic N) is 2. The van der Waals surface area contributed by atoms with Crippen molar-refractivity contribution >= 4 is 16.9 Å². The number of hydrogen-bond donors (Lipinski definition) is 1. The highest BCUT2D eigenvalue weighted by atomic mass is 16.2. The van der Waals surface area contributed by atoms with Crippen LogP contribution >= 0.6 is 0 Å². The number of unbranched alkanes of at least 4 members (excludes halogenated alkanes) is 2. The third-order valence-corrected chi connectivity index (χ3v) is 4.00. The van der Waals surface area contributed by atoms with Gasteiger partial charge in [0.1, 0.15) is 6.54 Å². The van der Waals surface area contributed by atoms with E-state index in [0.717, 1.165) is 23.9 Å². The fraction of sp³-hybridized carbons (Fsp3) is 0.529. The Labute approximate surface area is 130 Å². The molecule has 2 rings (SSSR count). The number of fused-ring (bicyclic) bond motifs is 1. The summed E-state index contributed by atoms with van der Waals surface area (Å²) in [4.78, 5) is 24.4. The van der Waals surface area contributed by atoms with Crippen LogP contribution in [0.3, 0.4) is 0 Å². The van der Waals surface area contributed by atoms with Gasteiger partial charge in [-0.2, -0.15) is 0 Å². The highest BCUT2D eigenvalue weighted by Crippen LogP contribution is 2.11. The molecule has 1 aromatic carbocycles. The summed E-state index contributed by atoms with van der Waals surface area (Å²) in [6.45, 7) is 4.24. The van der Waals surface area contributed by atoms with Crippen LogP contribution in [0.4, 0.5) is 0 Å². The summed E-state index contributed by atoms with van der Waals surface area (Å²) in [7, 11) is 1.73. The quantitative estimate of drug-likeness (QED) is 0.799. The van der Waals surface area contributed by atoms with E-state index in [4.69, 9.17) is 0 Å². The van der Waals surface area contributed by atoms with Crippen LogP contribution in [0.15, 0.2) is 29.1 Å². The largest absolute Gasteiger partial charge is 0.352 e. The second-order valence-corrected chi connectivity index (χ2v) is 5.88. The van der Waals surface area contributed by atoms with E-state index in [2.05, 4.69) is 12.2 Å². The highest BCUT2D eigenvalue weighted by Gasteiger charge is 2.14. The number of para-hydroxylation sites is 2. The summed E-state index contributed by atoms with van der Waals surface area (Å²) < 4.78 is 3.11. The Morgan fingerprint density at radius 2 is 1.91 bits per heavy atom. The molecular formula is C17H25N3O2. The molecule has 0 saturated carbocycles. The summed E-state index contributed by atoms with van der Waals surface area (Å²) in [5, 5.41) is 2.98. The van der Waals surface area contributed by atoms with Crippen molar-refractivity contribution in [2.75, 3.05) is 0 Å². The van der Waals surface area contributed by atoms with Crippen molar-refractivity contribution in [2.45, 2.75) is 52.1 Å². The third-order valence-electron chi connectivity index (χ3n) is 4.00. The molecule has 5 nitrogen and oxygen atoms in total. The van der Waals surface area contributed by atoms with Crippen molar-refractivity contribution < 1.29 is 4.79 Å². The van der Waals surface area contributed by atoms with E-state index in [1.807, 2.05) is 31.2 Å². The molecule has 0 aliphatic rings. The minimum atomic E-state index is -0.157. The molecule has 1 heterocycles. The minimum absolute atomic E-state index is 0.0678. The van der Waals surface area contributed by atoms with Gasteiger partial charge in [0, 0.05) is 13.1 Å². The van der Waals surface area contributed by atoms with Gasteiger partial charge in [-0.3, -0.25) is 13.9 Å². The number of imidazole rings is 1. The van der Waals surface area contributed by atoms with E-state index in [1.165, 1.54) is 17.4 Å². The molecular weight excluding hydrogens is 278 g/mol. The van der Waals surface area contributed by atoms with Gasteiger partial charge >= 0.3 is 5.69 Å². The lowest BCUT2D eigenvalue weighted by Crippen LogP contribution is -2.37. The van der Waals surface area contributed by atoms with Gasteiger partial charge in [0.05, 0.1) is 11.0 Å². The van der Waals surface area contributed by atoms with E-state index in [0.29, 0.717) is 0 Å². The van der Waals surface area contributed by atoms with Gasteiger partial charge in [-0.05, 0) is 25.5 Å². The molecule has 1 amide bonds. The summed E-state index contributed by atoms with van der Waals surface area (Å²) in [6, 6.07) is 7.67. The van der Waals surface area contributed by atoms with Crippen molar-refractivity contribution in [3.8, 4) is 0 Å². The number of rotatable bonds is 7. The lowest BCUT2D eigenvalue weighted by Gasteiger charge is -2.13. The standard InChI is InChI=1S/C17H25N3O2/c1-4-5-6-9-13(2)18-16(21)12-20-15-11-8-7-10-14(15)19(3)17(20)22/h7-8,10-11,13H,4-6,9,12H2,1-3H3,(H,18,21). The van der Waals surface area contributed by atoms with Crippen molar-refractivity contribution in [1.82, 2.24) is 14.5 Å². The lowest BCUT2D eigenvalue weighted by atomic mass is 10.1. The fourth-order valence-corrected chi connectivity index (χ4v) is 2.75. The first kappa shape index (κ1) is 16.3. The Morgan fingerprint density at radius 1 is 1.23 bits per heavy atom. The second kappa shape index (κ2) is 7.29. The van der Waals surface area contributed by atoms with E-state index in [1.54, 1.807) is 11.6 Å². The molecule has 5 heteroatoms. The molecule has 0 saturated heterocycles. The molecule has 0 bridgehead atoms. The maximum absolute atomic E-state index is 12.3. The Bertz CT molecular complexity index is 699. The molecule has 0 spiro atoms. The van der Waals surface area contributed by atoms with Gasteiger partial charge in [0.2, 0.25) is 5.91 Å². The topological polar surface area (TPSA) is 56.0 Å². The first-order valence-corrected chi connectivity index (χ1v) is 7.98. The molecule has 1 aromatic heterocycles. The van der Waals surface area contributed by atoms with E-state index >= 15 is 0 Å². The van der Waals surface area contributed by atoms with Crippen LogP contribution in [0.25, 0.3) is 11.0 Å². The maximum Gasteiger partial charge on any atom is 0.329 e. The summed E-state index contributed by atoms with van der Waals surface area (Å²) in [5.74, 6) is -0.109. The zero-order valence-electron chi connectivity index (χ0n) is 13.6. The van der Waals surface area contributed by atoms with Crippen LogP contribution in [0, 0.1) is 0 Å². The van der Waals surface area contributed by atoms with Gasteiger partial charge in [-0.1, -0.05) is 38.3 Å². The van der Waals surface area contributed by atoms with Gasteiger partial charge in [0.15, 0.2) is 0 Å². The highest BCUT2D eigenvalue weighted by molar-refractivity contribution is 5.81. The Hall–Kier alpha value is -2.04. The van der Waals surface area contributed by atoms with E-state index < -0.39 is 0 Å². The smallest absolute Gasteiger partial charge is 0.329 e. The van der Waals surface area contributed by atoms with Crippen LogP contribution in [0.2, 0.25) is 0 Å². The SMILES string of the molecule is CCCCCC(C)NC(=O)Cn1c(=O)n(C)c2ccccc21. The number of benzene rings is 1. The zero-order chi connectivity index (χ0) is 16.1.